The van der Waals surface area contributed by atoms with Gasteiger partial charge in [0, 0.05) is 11.0 Å². The zero-order chi connectivity index (χ0) is 12.7. The van der Waals surface area contributed by atoms with E-state index in [4.69, 9.17) is 4.74 Å². The van der Waals surface area contributed by atoms with Crippen LogP contribution >= 0.6 is 0 Å². The first-order chi connectivity index (χ1) is 7.92. The molecule has 2 nitrogen and oxygen atoms in total. The van der Waals surface area contributed by atoms with E-state index in [1.54, 1.807) is 0 Å². The van der Waals surface area contributed by atoms with E-state index in [2.05, 4.69) is 26.8 Å². The Labute approximate surface area is 104 Å². The molecule has 2 aliphatic rings. The molecule has 0 amide bonds. The molecular formula is C15H24O2. The van der Waals surface area contributed by atoms with Crippen LogP contribution in [-0.4, -0.2) is 13.1 Å². The highest BCUT2D eigenvalue weighted by molar-refractivity contribution is 5.90. The predicted octanol–water partition coefficient (Wildman–Crippen LogP) is 3.71. The average molecular weight is 236 g/mol. The smallest absolute Gasteiger partial charge is 0.333 e. The van der Waals surface area contributed by atoms with E-state index in [1.165, 1.54) is 26.4 Å². The Morgan fingerprint density at radius 1 is 1.35 bits per heavy atom. The summed E-state index contributed by atoms with van der Waals surface area (Å²) in [7, 11) is 1.49. The molecule has 0 saturated heterocycles. The second-order valence-electron chi connectivity index (χ2n) is 6.50. The fourth-order valence-corrected chi connectivity index (χ4v) is 4.21. The predicted molar refractivity (Wildman–Crippen MR) is 68.6 cm³/mol. The third kappa shape index (κ3) is 1.92. The molecule has 0 aromatic rings. The Bertz CT molecular complexity index is 354. The third-order valence-corrected chi connectivity index (χ3v) is 5.05. The molecule has 0 aromatic carbocycles. The van der Waals surface area contributed by atoms with E-state index < -0.39 is 0 Å². The van der Waals surface area contributed by atoms with Crippen LogP contribution in [0.25, 0.3) is 0 Å². The summed E-state index contributed by atoms with van der Waals surface area (Å²) in [6.45, 7) is 6.98. The van der Waals surface area contributed by atoms with Crippen LogP contribution in [0, 0.1) is 16.7 Å². The minimum atomic E-state index is -0.116. The quantitative estimate of drug-likeness (QED) is 0.649. The van der Waals surface area contributed by atoms with Crippen molar-refractivity contribution in [2.75, 3.05) is 7.11 Å². The van der Waals surface area contributed by atoms with Crippen LogP contribution in [0.2, 0.25) is 0 Å². The Kier molecular flexibility index (Phi) is 3.09. The van der Waals surface area contributed by atoms with Crippen molar-refractivity contribution >= 4 is 5.97 Å². The van der Waals surface area contributed by atoms with E-state index in [0.29, 0.717) is 11.3 Å². The van der Waals surface area contributed by atoms with Crippen LogP contribution in [0.4, 0.5) is 0 Å². The van der Waals surface area contributed by atoms with Gasteiger partial charge in [-0.1, -0.05) is 33.3 Å². The van der Waals surface area contributed by atoms with Gasteiger partial charge in [-0.3, -0.25) is 0 Å². The van der Waals surface area contributed by atoms with Gasteiger partial charge in [0.25, 0.3) is 0 Å². The Morgan fingerprint density at radius 3 is 2.71 bits per heavy atom. The number of fused-ring (bicyclic) bond motifs is 1. The van der Waals surface area contributed by atoms with Crippen molar-refractivity contribution < 1.29 is 9.53 Å². The summed E-state index contributed by atoms with van der Waals surface area (Å²) in [6.07, 6.45) is 7.97. The van der Waals surface area contributed by atoms with E-state index in [-0.39, 0.29) is 11.4 Å². The van der Waals surface area contributed by atoms with E-state index in [9.17, 15) is 4.79 Å². The van der Waals surface area contributed by atoms with Gasteiger partial charge < -0.3 is 4.74 Å². The summed E-state index contributed by atoms with van der Waals surface area (Å²) in [4.78, 5) is 11.9. The topological polar surface area (TPSA) is 26.3 Å². The van der Waals surface area contributed by atoms with Gasteiger partial charge in [0.2, 0.25) is 0 Å². The molecule has 0 radical (unpaired) electrons. The van der Waals surface area contributed by atoms with Gasteiger partial charge in [-0.05, 0) is 37.0 Å². The average Bonchev–Trinajstić information content (AvgIpc) is 2.26. The summed E-state index contributed by atoms with van der Waals surface area (Å²) >= 11 is 0. The van der Waals surface area contributed by atoms with Crippen molar-refractivity contribution in [3.8, 4) is 0 Å². The number of esters is 1. The Balaban J connectivity index is 2.38. The summed E-state index contributed by atoms with van der Waals surface area (Å²) < 4.78 is 4.96. The minimum absolute atomic E-state index is 0.0348. The van der Waals surface area contributed by atoms with Crippen molar-refractivity contribution in [2.45, 2.75) is 52.9 Å². The van der Waals surface area contributed by atoms with Crippen LogP contribution in [0.5, 0.6) is 0 Å². The third-order valence-electron chi connectivity index (χ3n) is 5.05. The van der Waals surface area contributed by atoms with Gasteiger partial charge in [-0.15, -0.1) is 0 Å². The maximum Gasteiger partial charge on any atom is 0.333 e. The van der Waals surface area contributed by atoms with Crippen LogP contribution in [0.3, 0.4) is 0 Å². The van der Waals surface area contributed by atoms with E-state index >= 15 is 0 Å². The van der Waals surface area contributed by atoms with Gasteiger partial charge >= 0.3 is 5.97 Å². The molecule has 0 N–H and O–H groups in total. The van der Waals surface area contributed by atoms with Crippen LogP contribution < -0.4 is 0 Å². The number of methoxy groups -OCH3 is 1. The van der Waals surface area contributed by atoms with Crippen molar-refractivity contribution in [1.29, 1.82) is 0 Å². The number of ether oxygens (including phenoxy) is 1. The van der Waals surface area contributed by atoms with Gasteiger partial charge in [0.1, 0.15) is 0 Å². The molecule has 2 atom stereocenters. The first kappa shape index (κ1) is 12.7. The monoisotopic (exact) mass is 236 g/mol. The minimum Gasteiger partial charge on any atom is -0.466 e. The molecular weight excluding hydrogens is 212 g/mol. The summed E-state index contributed by atoms with van der Waals surface area (Å²) in [5.41, 5.74) is 1.32. The highest BCUT2D eigenvalue weighted by Crippen LogP contribution is 2.58. The lowest BCUT2D eigenvalue weighted by Gasteiger charge is -2.53. The molecule has 0 heterocycles. The number of carbonyl (C=O) groups is 1. The van der Waals surface area contributed by atoms with Crippen LogP contribution in [0.1, 0.15) is 52.9 Å². The first-order valence-electron chi connectivity index (χ1n) is 6.71. The largest absolute Gasteiger partial charge is 0.466 e. The fourth-order valence-electron chi connectivity index (χ4n) is 4.21. The Morgan fingerprint density at radius 2 is 2.06 bits per heavy atom. The van der Waals surface area contributed by atoms with Crippen molar-refractivity contribution in [1.82, 2.24) is 0 Å². The second-order valence-corrected chi connectivity index (χ2v) is 6.50. The van der Waals surface area contributed by atoms with Gasteiger partial charge in [0.05, 0.1) is 7.11 Å². The molecule has 2 rings (SSSR count). The SMILES string of the molecule is COC(=O)C1=CCCC2C(C)(C)CCCC12C. The number of hydrogen-bond donors (Lipinski definition) is 0. The zero-order valence-electron chi connectivity index (χ0n) is 11.5. The number of hydrogen-bond acceptors (Lipinski definition) is 2. The lowest BCUT2D eigenvalue weighted by Crippen LogP contribution is -2.46. The molecule has 1 fully saturated rings. The summed E-state index contributed by atoms with van der Waals surface area (Å²) in [5, 5.41) is 0. The number of carbonyl (C=O) groups excluding carboxylic acids is 1. The standard InChI is InChI=1S/C15H24O2/c1-14(2)9-6-10-15(3)11(13(16)17-4)7-5-8-12(14)15/h7,12H,5-6,8-10H2,1-4H3. The summed E-state index contributed by atoms with van der Waals surface area (Å²) in [6, 6.07) is 0. The highest BCUT2D eigenvalue weighted by atomic mass is 16.5. The van der Waals surface area contributed by atoms with Crippen LogP contribution in [0.15, 0.2) is 11.6 Å². The van der Waals surface area contributed by atoms with Crippen molar-refractivity contribution in [3.63, 3.8) is 0 Å². The molecule has 0 aliphatic heterocycles. The molecule has 2 heteroatoms. The number of rotatable bonds is 1. The Hall–Kier alpha value is -0.790. The molecule has 0 aromatic heterocycles. The molecule has 0 bridgehead atoms. The summed E-state index contributed by atoms with van der Waals surface area (Å²) in [5.74, 6) is 0.498. The second kappa shape index (κ2) is 4.15. The van der Waals surface area contributed by atoms with Gasteiger partial charge in [0.15, 0.2) is 0 Å². The molecule has 0 spiro atoms. The molecule has 2 aliphatic carbocycles. The van der Waals surface area contributed by atoms with Gasteiger partial charge in [-0.2, -0.15) is 0 Å². The number of allylic oxidation sites excluding steroid dienone is 1. The lowest BCUT2D eigenvalue weighted by atomic mass is 9.51. The molecule has 2 unspecified atom stereocenters. The molecule has 96 valence electrons. The zero-order valence-corrected chi connectivity index (χ0v) is 11.5. The maximum atomic E-state index is 11.9. The van der Waals surface area contributed by atoms with E-state index in [0.717, 1.165) is 18.4 Å². The van der Waals surface area contributed by atoms with Crippen molar-refractivity contribution in [2.24, 2.45) is 16.7 Å². The normalized spacial score (nSPS) is 35.8. The van der Waals surface area contributed by atoms with Gasteiger partial charge in [-0.25, -0.2) is 4.79 Å². The fraction of sp³-hybridized carbons (Fsp3) is 0.800. The first-order valence-corrected chi connectivity index (χ1v) is 6.71. The van der Waals surface area contributed by atoms with Crippen molar-refractivity contribution in [3.05, 3.63) is 11.6 Å². The van der Waals surface area contributed by atoms with E-state index in [1.807, 2.05) is 0 Å². The molecule has 17 heavy (non-hydrogen) atoms. The molecule has 1 saturated carbocycles. The highest BCUT2D eigenvalue weighted by Gasteiger charge is 2.51. The maximum absolute atomic E-state index is 11.9. The van der Waals surface area contributed by atoms with Crippen LogP contribution in [-0.2, 0) is 9.53 Å². The lowest BCUT2D eigenvalue weighted by molar-refractivity contribution is -0.139.